The van der Waals surface area contributed by atoms with Crippen LogP contribution < -0.4 is 4.90 Å². The molecule has 2 fully saturated rings. The molecule has 35 heavy (non-hydrogen) atoms. The van der Waals surface area contributed by atoms with Crippen LogP contribution in [0.3, 0.4) is 0 Å². The Morgan fingerprint density at radius 1 is 1.00 bits per heavy atom. The Kier molecular flexibility index (Phi) is 6.29. The number of carbonyl (C=O) groups excluding carboxylic acids is 2. The highest BCUT2D eigenvalue weighted by atomic mass is 19.1. The predicted octanol–water partition coefficient (Wildman–Crippen LogP) is 2.12. The molecule has 0 N–H and O–H groups in total. The van der Waals surface area contributed by atoms with E-state index in [0.717, 1.165) is 11.3 Å². The van der Waals surface area contributed by atoms with E-state index < -0.39 is 0 Å². The molecule has 182 valence electrons. The molecule has 2 aliphatic rings. The number of nitrogens with zero attached hydrogens (tertiary/aromatic N) is 7. The van der Waals surface area contributed by atoms with Gasteiger partial charge in [0.25, 0.3) is 0 Å². The minimum absolute atomic E-state index is 0.00197. The fraction of sp³-hybridized carbons (Fsp3) is 0.400. The highest BCUT2D eigenvalue weighted by Crippen LogP contribution is 2.28. The van der Waals surface area contributed by atoms with Crippen LogP contribution in [0.2, 0.25) is 0 Å². The molecule has 5 rings (SSSR count). The highest BCUT2D eigenvalue weighted by molar-refractivity contribution is 6.00. The molecule has 1 unspecified atom stereocenters. The lowest BCUT2D eigenvalue weighted by molar-refractivity contribution is -0.137. The molecule has 2 saturated heterocycles. The minimum Gasteiger partial charge on any atom is -0.340 e. The number of carbonyl (C=O) groups is 2. The van der Waals surface area contributed by atoms with Crippen molar-refractivity contribution < 1.29 is 14.0 Å². The second-order valence-electron chi connectivity index (χ2n) is 9.26. The van der Waals surface area contributed by atoms with Gasteiger partial charge >= 0.3 is 0 Å². The average molecular weight is 478 g/mol. The molecular weight excluding hydrogens is 449 g/mol. The summed E-state index contributed by atoms with van der Waals surface area (Å²) in [5.74, 6) is 0.0619. The van der Waals surface area contributed by atoms with Gasteiger partial charge in [-0.05, 0) is 71.8 Å². The Morgan fingerprint density at radius 2 is 1.71 bits per heavy atom. The number of tetrazole rings is 1. The number of amides is 2. The van der Waals surface area contributed by atoms with E-state index in [1.54, 1.807) is 21.7 Å². The van der Waals surface area contributed by atoms with Crippen LogP contribution in [0.1, 0.15) is 23.4 Å². The van der Waals surface area contributed by atoms with E-state index in [2.05, 4.69) is 20.4 Å². The summed E-state index contributed by atoms with van der Waals surface area (Å²) in [6.45, 7) is 7.56. The molecule has 0 radical (unpaired) electrons. The summed E-state index contributed by atoms with van der Waals surface area (Å²) in [6.07, 6.45) is 0.248. The van der Waals surface area contributed by atoms with Gasteiger partial charge in [0.2, 0.25) is 11.8 Å². The van der Waals surface area contributed by atoms with Crippen molar-refractivity contribution in [3.8, 4) is 5.69 Å². The second-order valence-corrected chi connectivity index (χ2v) is 9.26. The van der Waals surface area contributed by atoms with Crippen molar-refractivity contribution in [2.75, 3.05) is 37.6 Å². The number of halogens is 1. The van der Waals surface area contributed by atoms with E-state index in [4.69, 9.17) is 0 Å². The van der Waals surface area contributed by atoms with Gasteiger partial charge < -0.3 is 9.80 Å². The first kappa shape index (κ1) is 23.1. The Labute approximate surface area is 203 Å². The molecule has 0 bridgehead atoms. The van der Waals surface area contributed by atoms with Crippen molar-refractivity contribution in [1.29, 1.82) is 0 Å². The van der Waals surface area contributed by atoms with Gasteiger partial charge in [0.05, 0.1) is 18.2 Å². The number of hydrogen-bond acceptors (Lipinski definition) is 6. The zero-order valence-corrected chi connectivity index (χ0v) is 19.9. The molecule has 10 heteroatoms. The van der Waals surface area contributed by atoms with E-state index in [-0.39, 0.29) is 30.0 Å². The van der Waals surface area contributed by atoms with E-state index >= 15 is 0 Å². The van der Waals surface area contributed by atoms with Crippen molar-refractivity contribution in [2.24, 2.45) is 5.92 Å². The quantitative estimate of drug-likeness (QED) is 0.560. The summed E-state index contributed by atoms with van der Waals surface area (Å²) in [6, 6.07) is 12.0. The summed E-state index contributed by atoms with van der Waals surface area (Å²) >= 11 is 0. The van der Waals surface area contributed by atoms with Gasteiger partial charge in [-0.3, -0.25) is 14.5 Å². The van der Waals surface area contributed by atoms with Gasteiger partial charge in [-0.2, -0.15) is 4.68 Å². The third-order valence-electron chi connectivity index (χ3n) is 6.93. The SMILES string of the molecule is Cc1ccc(N2CC(C(=O)N3CCN(Cc4nnnn4-c4ccc(F)cc4)CC3)CC2=O)cc1C. The first-order valence-electron chi connectivity index (χ1n) is 11.8. The van der Waals surface area contributed by atoms with Crippen molar-refractivity contribution in [3.05, 3.63) is 65.2 Å². The maximum Gasteiger partial charge on any atom is 0.228 e. The fourth-order valence-corrected chi connectivity index (χ4v) is 4.69. The summed E-state index contributed by atoms with van der Waals surface area (Å²) in [5.41, 5.74) is 3.86. The van der Waals surface area contributed by atoms with Crippen LogP contribution in [-0.4, -0.2) is 74.5 Å². The van der Waals surface area contributed by atoms with Gasteiger partial charge in [0, 0.05) is 44.8 Å². The third-order valence-corrected chi connectivity index (χ3v) is 6.93. The maximum atomic E-state index is 13.3. The number of hydrogen-bond donors (Lipinski definition) is 0. The van der Waals surface area contributed by atoms with Gasteiger partial charge in [0.1, 0.15) is 5.82 Å². The monoisotopic (exact) mass is 477 g/mol. The number of aryl methyl sites for hydroxylation is 2. The molecule has 0 saturated carbocycles. The lowest BCUT2D eigenvalue weighted by Gasteiger charge is -2.35. The first-order valence-corrected chi connectivity index (χ1v) is 11.8. The molecule has 9 nitrogen and oxygen atoms in total. The molecule has 3 aromatic rings. The number of piperazine rings is 1. The molecule has 1 atom stereocenters. The van der Waals surface area contributed by atoms with Crippen molar-refractivity contribution in [1.82, 2.24) is 30.0 Å². The predicted molar refractivity (Wildman–Crippen MR) is 127 cm³/mol. The van der Waals surface area contributed by atoms with Gasteiger partial charge in [-0.15, -0.1) is 5.10 Å². The first-order chi connectivity index (χ1) is 16.9. The van der Waals surface area contributed by atoms with Crippen LogP contribution in [0.5, 0.6) is 0 Å². The van der Waals surface area contributed by atoms with E-state index in [0.29, 0.717) is 50.8 Å². The van der Waals surface area contributed by atoms with Crippen LogP contribution in [0.25, 0.3) is 5.69 Å². The molecular formula is C25H28FN7O2. The molecule has 2 amide bonds. The minimum atomic E-state index is -0.318. The Balaban J connectivity index is 1.17. The second kappa shape index (κ2) is 9.53. The average Bonchev–Trinajstić information content (AvgIpc) is 3.48. The standard InChI is InChI=1S/C25H28FN7O2/c1-17-3-6-22(13-18(17)2)32-15-19(14-24(32)34)25(35)31-11-9-30(10-12-31)16-23-27-28-29-33(23)21-7-4-20(26)5-8-21/h3-8,13,19H,9-12,14-16H2,1-2H3. The maximum absolute atomic E-state index is 13.3. The summed E-state index contributed by atoms with van der Waals surface area (Å²) in [4.78, 5) is 31.7. The molecule has 0 aliphatic carbocycles. The Morgan fingerprint density at radius 3 is 2.43 bits per heavy atom. The van der Waals surface area contributed by atoms with E-state index in [1.807, 2.05) is 36.9 Å². The fourth-order valence-electron chi connectivity index (χ4n) is 4.69. The number of benzene rings is 2. The van der Waals surface area contributed by atoms with Crippen molar-refractivity contribution in [3.63, 3.8) is 0 Å². The normalized spacial score (nSPS) is 18.9. The van der Waals surface area contributed by atoms with Crippen LogP contribution in [0.4, 0.5) is 10.1 Å². The topological polar surface area (TPSA) is 87.5 Å². The van der Waals surface area contributed by atoms with Crippen molar-refractivity contribution >= 4 is 17.5 Å². The number of anilines is 1. The number of aromatic nitrogens is 4. The van der Waals surface area contributed by atoms with Gasteiger partial charge in [-0.25, -0.2) is 4.39 Å². The van der Waals surface area contributed by atoms with Gasteiger partial charge in [-0.1, -0.05) is 6.07 Å². The summed E-state index contributed by atoms with van der Waals surface area (Å²) < 4.78 is 14.9. The molecule has 3 heterocycles. The van der Waals surface area contributed by atoms with E-state index in [9.17, 15) is 14.0 Å². The summed E-state index contributed by atoms with van der Waals surface area (Å²) in [7, 11) is 0. The van der Waals surface area contributed by atoms with E-state index in [1.165, 1.54) is 17.7 Å². The zero-order valence-electron chi connectivity index (χ0n) is 19.9. The van der Waals surface area contributed by atoms with Crippen LogP contribution >= 0.6 is 0 Å². The smallest absolute Gasteiger partial charge is 0.228 e. The van der Waals surface area contributed by atoms with Crippen LogP contribution in [0, 0.1) is 25.6 Å². The Hall–Kier alpha value is -3.66. The van der Waals surface area contributed by atoms with Gasteiger partial charge in [0.15, 0.2) is 5.82 Å². The lowest BCUT2D eigenvalue weighted by atomic mass is 10.1. The number of rotatable bonds is 5. The van der Waals surface area contributed by atoms with Crippen molar-refractivity contribution in [2.45, 2.75) is 26.8 Å². The zero-order chi connectivity index (χ0) is 24.5. The lowest BCUT2D eigenvalue weighted by Crippen LogP contribution is -2.50. The third kappa shape index (κ3) is 4.79. The summed E-state index contributed by atoms with van der Waals surface area (Å²) in [5, 5.41) is 11.9. The Bertz CT molecular complexity index is 1230. The molecule has 2 aliphatic heterocycles. The molecule has 1 aromatic heterocycles. The largest absolute Gasteiger partial charge is 0.340 e. The molecule has 0 spiro atoms. The highest BCUT2D eigenvalue weighted by Gasteiger charge is 2.38. The van der Waals surface area contributed by atoms with Crippen LogP contribution in [0.15, 0.2) is 42.5 Å². The molecule has 2 aromatic carbocycles. The van der Waals surface area contributed by atoms with Crippen LogP contribution in [-0.2, 0) is 16.1 Å².